The molecule has 5 heterocycles. The van der Waals surface area contributed by atoms with Crippen LogP contribution in [-0.2, 0) is 21.5 Å². The van der Waals surface area contributed by atoms with Gasteiger partial charge in [-0.05, 0) is 56.3 Å². The van der Waals surface area contributed by atoms with Gasteiger partial charge in [-0.15, -0.1) is 11.3 Å². The SMILES string of the molecule is [B]C([B])(Oc1ccccc1[C@H](F)[C@@H](Oc1ncnc2sc(-c3ccc(F)o3)c(-c3ccc(OCCN4CCN(C)CC4)c(Cl)c3C)c12)C(=O)OCC)c1ccnn1CC(F)(F)F. The smallest absolute Gasteiger partial charge is 0.408 e. The topological polar surface area (TPSA) is 117 Å². The third-order valence-corrected chi connectivity index (χ3v) is 11.7. The van der Waals surface area contributed by atoms with Gasteiger partial charge in [-0.1, -0.05) is 35.9 Å². The molecule has 1 saturated heterocycles. The number of nitrogens with zero attached hydrogens (tertiary/aromatic N) is 6. The van der Waals surface area contributed by atoms with E-state index in [1.54, 1.807) is 19.1 Å². The molecule has 0 saturated carbocycles. The normalized spacial score (nSPS) is 15.1. The van der Waals surface area contributed by atoms with Gasteiger partial charge in [-0.3, -0.25) is 9.58 Å². The first kappa shape index (κ1) is 44.9. The first-order valence-corrected chi connectivity index (χ1v) is 20.5. The number of carbonyl (C=O) groups is 1. The lowest BCUT2D eigenvalue weighted by molar-refractivity contribution is -0.155. The maximum Gasteiger partial charge on any atom is 0.408 e. The minimum absolute atomic E-state index is 0.134. The van der Waals surface area contributed by atoms with Crippen LogP contribution in [0.2, 0.25) is 5.02 Å². The molecular weight excluding hydrogens is 857 g/mol. The lowest BCUT2D eigenvalue weighted by atomic mass is 9.63. The number of ether oxygens (including phenoxy) is 4. The second-order valence-corrected chi connectivity index (χ2v) is 15.8. The molecule has 6 aromatic rings. The van der Waals surface area contributed by atoms with Crippen molar-refractivity contribution in [1.29, 1.82) is 0 Å². The lowest BCUT2D eigenvalue weighted by Crippen LogP contribution is -2.45. The van der Waals surface area contributed by atoms with Gasteiger partial charge in [0.2, 0.25) is 12.0 Å². The summed E-state index contributed by atoms with van der Waals surface area (Å²) in [7, 11) is 14.5. The molecule has 0 spiro atoms. The predicted octanol–water partition coefficient (Wildman–Crippen LogP) is 7.65. The number of hydrogen-bond donors (Lipinski definition) is 0. The predicted molar refractivity (Wildman–Crippen MR) is 223 cm³/mol. The number of carbonyl (C=O) groups excluding carboxylic acids is 1. The molecule has 2 aromatic carbocycles. The number of rotatable bonds is 16. The average molecular weight is 895 g/mol. The van der Waals surface area contributed by atoms with Gasteiger partial charge in [0.05, 0.1) is 33.0 Å². The van der Waals surface area contributed by atoms with Gasteiger partial charge >= 0.3 is 12.1 Å². The van der Waals surface area contributed by atoms with E-state index in [-0.39, 0.29) is 40.6 Å². The molecule has 2 atom stereocenters. The number of thiophene rings is 1. The molecule has 21 heteroatoms. The summed E-state index contributed by atoms with van der Waals surface area (Å²) in [4.78, 5) is 27.7. The summed E-state index contributed by atoms with van der Waals surface area (Å²) < 4.78 is 101. The van der Waals surface area contributed by atoms with Crippen LogP contribution in [0.4, 0.5) is 22.0 Å². The highest BCUT2D eigenvalue weighted by atomic mass is 35.5. The number of piperazine rings is 1. The molecule has 0 N–H and O–H groups in total. The molecule has 0 bridgehead atoms. The molecule has 12 nitrogen and oxygen atoms in total. The lowest BCUT2D eigenvalue weighted by Gasteiger charge is -2.32. The zero-order chi connectivity index (χ0) is 44.3. The van der Waals surface area contributed by atoms with E-state index in [9.17, 15) is 22.4 Å². The van der Waals surface area contributed by atoms with E-state index < -0.39 is 42.4 Å². The highest BCUT2D eigenvalue weighted by Gasteiger charge is 2.39. The van der Waals surface area contributed by atoms with Crippen LogP contribution in [0.5, 0.6) is 17.4 Å². The fourth-order valence-electron chi connectivity index (χ4n) is 6.99. The van der Waals surface area contributed by atoms with Crippen LogP contribution in [0.25, 0.3) is 32.0 Å². The van der Waals surface area contributed by atoms with Crippen LogP contribution in [0.15, 0.2) is 71.5 Å². The number of furan rings is 1. The van der Waals surface area contributed by atoms with E-state index in [2.05, 4.69) is 31.9 Å². The molecule has 1 aliphatic heterocycles. The fraction of sp³-hybridized carbons (Fsp3) is 0.366. The Hall–Kier alpha value is -5.17. The number of alkyl halides is 4. The van der Waals surface area contributed by atoms with Crippen molar-refractivity contribution in [3.05, 3.63) is 95.0 Å². The summed E-state index contributed by atoms with van der Waals surface area (Å²) >= 11 is 8.07. The van der Waals surface area contributed by atoms with Gasteiger partial charge in [0.25, 0.3) is 6.01 Å². The maximum atomic E-state index is 17.1. The summed E-state index contributed by atoms with van der Waals surface area (Å²) in [5.41, 5.74) is 0.771. The summed E-state index contributed by atoms with van der Waals surface area (Å²) in [6.45, 7) is 6.44. The monoisotopic (exact) mass is 894 g/mol. The Morgan fingerprint density at radius 3 is 2.50 bits per heavy atom. The van der Waals surface area contributed by atoms with E-state index >= 15 is 4.39 Å². The number of halogens is 6. The standard InChI is InChI=1S/C41H38B2ClF5N6O6S/c1-4-57-39(56)35(34(46)25-7-5-6-8-26(25)61-41(42,43)29-13-14-52-55(29)21-40(47,48)49)60-37-32-31(36(28-11-12-30(45)59-28)62-38(32)51-22-50-37)24-9-10-27(33(44)23(24)2)58-20-19-54-17-15-53(3)16-18-54/h5-14,22,34-35H,4,15-21H2,1-3H3/t34-,35+/m0/s1. The van der Waals surface area contributed by atoms with E-state index in [0.29, 0.717) is 55.0 Å². The number of fused-ring (bicyclic) bond motifs is 1. The molecular formula is C41H38B2ClF5N6O6S. The molecule has 1 aliphatic rings. The number of esters is 1. The molecule has 7 rings (SSSR count). The fourth-order valence-corrected chi connectivity index (χ4v) is 8.32. The highest BCUT2D eigenvalue weighted by molar-refractivity contribution is 7.22. The second kappa shape index (κ2) is 18.7. The Kier molecular flexibility index (Phi) is 13.5. The maximum absolute atomic E-state index is 17.1. The Balaban J connectivity index is 1.25. The molecule has 4 radical (unpaired) electrons. The molecule has 1 fully saturated rings. The third-order valence-electron chi connectivity index (χ3n) is 10.1. The molecule has 0 unspecified atom stereocenters. The molecule has 0 aliphatic carbocycles. The number of benzene rings is 2. The Labute approximate surface area is 364 Å². The summed E-state index contributed by atoms with van der Waals surface area (Å²) in [5, 5.41) is 1.70. The Bertz CT molecular complexity index is 2530. The molecule has 4 aromatic heterocycles. The zero-order valence-corrected chi connectivity index (χ0v) is 35.2. The number of para-hydroxylation sites is 1. The van der Waals surface area contributed by atoms with Gasteiger partial charge in [-0.2, -0.15) is 22.7 Å². The highest BCUT2D eigenvalue weighted by Crippen LogP contribution is 2.50. The van der Waals surface area contributed by atoms with Crippen molar-refractivity contribution in [2.24, 2.45) is 0 Å². The van der Waals surface area contributed by atoms with Crippen molar-refractivity contribution < 1.29 is 50.1 Å². The number of likely N-dealkylation sites (N-methyl/N-ethyl adjacent to an activating group) is 1. The van der Waals surface area contributed by atoms with E-state index in [1.165, 1.54) is 37.3 Å². The first-order valence-electron chi connectivity index (χ1n) is 19.3. The van der Waals surface area contributed by atoms with Crippen molar-refractivity contribution in [1.82, 2.24) is 29.5 Å². The minimum atomic E-state index is -4.68. The summed E-state index contributed by atoms with van der Waals surface area (Å²) in [6, 6.07) is 11.7. The molecule has 0 amide bonds. The van der Waals surface area contributed by atoms with E-state index in [1.807, 2.05) is 0 Å². The van der Waals surface area contributed by atoms with Crippen LogP contribution < -0.4 is 14.2 Å². The van der Waals surface area contributed by atoms with Crippen LogP contribution in [0, 0.1) is 12.9 Å². The molecule has 322 valence electrons. The first-order chi connectivity index (χ1) is 29.5. The number of hydrogen-bond acceptors (Lipinski definition) is 12. The molecule has 62 heavy (non-hydrogen) atoms. The average Bonchev–Trinajstić information content (AvgIpc) is 3.98. The Morgan fingerprint density at radius 2 is 1.79 bits per heavy atom. The van der Waals surface area contributed by atoms with Gasteiger partial charge in [0, 0.05) is 56.1 Å². The largest absolute Gasteiger partial charge is 0.501 e. The third kappa shape index (κ3) is 9.88. The van der Waals surface area contributed by atoms with Crippen molar-refractivity contribution in [2.75, 3.05) is 53.0 Å². The van der Waals surface area contributed by atoms with Crippen LogP contribution in [0.3, 0.4) is 0 Å². The quantitative estimate of drug-likeness (QED) is 0.0542. The summed E-state index contributed by atoms with van der Waals surface area (Å²) in [5.74, 6) is -1.16. The minimum Gasteiger partial charge on any atom is -0.501 e. The van der Waals surface area contributed by atoms with E-state index in [4.69, 9.17) is 50.7 Å². The van der Waals surface area contributed by atoms with E-state index in [0.717, 1.165) is 62.2 Å². The van der Waals surface area contributed by atoms with Crippen molar-refractivity contribution in [3.8, 4) is 39.1 Å². The van der Waals surface area contributed by atoms with Crippen LogP contribution in [-0.4, -0.2) is 116 Å². The van der Waals surface area contributed by atoms with Crippen molar-refractivity contribution in [2.45, 2.75) is 44.2 Å². The van der Waals surface area contributed by atoms with Crippen LogP contribution >= 0.6 is 22.9 Å². The summed E-state index contributed by atoms with van der Waals surface area (Å²) in [6.07, 6.45) is -6.94. The van der Waals surface area contributed by atoms with Crippen molar-refractivity contribution >= 4 is 54.8 Å². The Morgan fingerprint density at radius 1 is 1.03 bits per heavy atom. The van der Waals surface area contributed by atoms with Gasteiger partial charge in [-0.25, -0.2) is 19.2 Å². The van der Waals surface area contributed by atoms with Crippen molar-refractivity contribution in [3.63, 3.8) is 0 Å². The van der Waals surface area contributed by atoms with Gasteiger partial charge in [0.1, 0.15) is 57.3 Å². The van der Waals surface area contributed by atoms with Gasteiger partial charge < -0.3 is 28.3 Å². The van der Waals surface area contributed by atoms with Crippen LogP contribution in [0.1, 0.15) is 29.9 Å². The number of aromatic nitrogens is 4. The second-order valence-electron chi connectivity index (χ2n) is 14.4. The van der Waals surface area contributed by atoms with Gasteiger partial charge in [0.15, 0.2) is 6.17 Å². The zero-order valence-electron chi connectivity index (χ0n) is 33.6.